The van der Waals surface area contributed by atoms with Crippen LogP contribution >= 0.6 is 0 Å². The predicted octanol–water partition coefficient (Wildman–Crippen LogP) is 2.26. The maximum Gasteiger partial charge on any atom is 0.220 e. The minimum absolute atomic E-state index is 0.221. The van der Waals surface area contributed by atoms with Gasteiger partial charge in [0.2, 0.25) is 5.91 Å². The predicted molar refractivity (Wildman–Crippen MR) is 82.0 cm³/mol. The summed E-state index contributed by atoms with van der Waals surface area (Å²) in [5.41, 5.74) is 8.17. The number of nitrogens with one attached hydrogen (secondary N) is 1. The van der Waals surface area contributed by atoms with E-state index in [9.17, 15) is 4.79 Å². The van der Waals surface area contributed by atoms with Crippen molar-refractivity contribution in [2.45, 2.75) is 19.9 Å². The van der Waals surface area contributed by atoms with Gasteiger partial charge >= 0.3 is 0 Å². The van der Waals surface area contributed by atoms with Crippen LogP contribution in [0, 0.1) is 6.92 Å². The Hall–Kier alpha value is -2.56. The average molecular weight is 285 g/mol. The summed E-state index contributed by atoms with van der Waals surface area (Å²) in [4.78, 5) is 14.9. The fraction of sp³-hybridized carbons (Fsp3) is 0.250. The molecule has 0 fully saturated rings. The summed E-state index contributed by atoms with van der Waals surface area (Å²) in [5.74, 6) is 0.356. The highest BCUT2D eigenvalue weighted by atomic mass is 16.5. The molecule has 2 rings (SSSR count). The molecule has 2 aromatic rings. The van der Waals surface area contributed by atoms with E-state index >= 15 is 0 Å². The van der Waals surface area contributed by atoms with E-state index in [1.807, 2.05) is 49.5 Å². The Labute approximate surface area is 124 Å². The summed E-state index contributed by atoms with van der Waals surface area (Å²) >= 11 is 0. The van der Waals surface area contributed by atoms with Gasteiger partial charge in [-0.15, -0.1) is 0 Å². The number of hydrogen-bond donors (Lipinski definition) is 2. The number of aromatic nitrogens is 1. The Balaban J connectivity index is 1.81. The molecule has 5 heteroatoms. The van der Waals surface area contributed by atoms with E-state index in [0.717, 1.165) is 22.7 Å². The number of amides is 1. The molecule has 0 unspecified atom stereocenters. The van der Waals surface area contributed by atoms with Crippen LogP contribution in [0.3, 0.4) is 0 Å². The lowest BCUT2D eigenvalue weighted by Crippen LogP contribution is -2.14. The Kier molecular flexibility index (Phi) is 5.15. The molecule has 1 aromatic carbocycles. The van der Waals surface area contributed by atoms with Gasteiger partial charge in [0.1, 0.15) is 5.75 Å². The third-order valence-electron chi connectivity index (χ3n) is 2.92. The zero-order chi connectivity index (χ0) is 15.1. The second-order valence-electron chi connectivity index (χ2n) is 4.77. The quantitative estimate of drug-likeness (QED) is 0.818. The minimum atomic E-state index is -0.362. The van der Waals surface area contributed by atoms with Gasteiger partial charge in [-0.25, -0.2) is 0 Å². The van der Waals surface area contributed by atoms with E-state index in [4.69, 9.17) is 10.5 Å². The first kappa shape index (κ1) is 14.8. The van der Waals surface area contributed by atoms with Crippen LogP contribution < -0.4 is 15.8 Å². The summed E-state index contributed by atoms with van der Waals surface area (Å²) < 4.78 is 5.41. The molecule has 21 heavy (non-hydrogen) atoms. The molecule has 110 valence electrons. The third-order valence-corrected chi connectivity index (χ3v) is 2.92. The fourth-order valence-electron chi connectivity index (χ4n) is 1.73. The molecule has 0 aliphatic heterocycles. The van der Waals surface area contributed by atoms with Gasteiger partial charge in [-0.1, -0.05) is 6.07 Å². The van der Waals surface area contributed by atoms with Gasteiger partial charge in [-0.2, -0.15) is 0 Å². The summed E-state index contributed by atoms with van der Waals surface area (Å²) in [6, 6.07) is 11.6. The summed E-state index contributed by atoms with van der Waals surface area (Å²) in [6.45, 7) is 2.98. The lowest BCUT2D eigenvalue weighted by Gasteiger charge is -2.08. The van der Waals surface area contributed by atoms with E-state index in [1.165, 1.54) is 0 Å². The first-order valence-corrected chi connectivity index (χ1v) is 6.80. The first-order valence-electron chi connectivity index (χ1n) is 6.80. The van der Waals surface area contributed by atoms with Crippen molar-refractivity contribution in [1.82, 2.24) is 4.98 Å². The molecule has 3 N–H and O–H groups in total. The molecule has 1 aromatic heterocycles. The van der Waals surface area contributed by atoms with Crippen molar-refractivity contribution in [3.63, 3.8) is 0 Å². The SMILES string of the molecule is Cc1ccc(CNc2ccc(OCCC(N)=O)cc2)nc1. The van der Waals surface area contributed by atoms with Crippen molar-refractivity contribution < 1.29 is 9.53 Å². The lowest BCUT2D eigenvalue weighted by atomic mass is 10.2. The molecule has 0 spiro atoms. The topological polar surface area (TPSA) is 77.2 Å². The largest absolute Gasteiger partial charge is 0.493 e. The van der Waals surface area contributed by atoms with Crippen molar-refractivity contribution in [1.29, 1.82) is 0 Å². The van der Waals surface area contributed by atoms with Crippen molar-refractivity contribution >= 4 is 11.6 Å². The highest BCUT2D eigenvalue weighted by molar-refractivity contribution is 5.73. The number of primary amides is 1. The standard InChI is InChI=1S/C16H19N3O2/c1-12-2-3-14(18-10-12)11-19-13-4-6-15(7-5-13)21-9-8-16(17)20/h2-7,10,19H,8-9,11H2,1H3,(H2,17,20). The van der Waals surface area contributed by atoms with Gasteiger partial charge in [0.15, 0.2) is 0 Å². The number of ether oxygens (including phenoxy) is 1. The van der Waals surface area contributed by atoms with Gasteiger partial charge in [-0.05, 0) is 42.8 Å². The van der Waals surface area contributed by atoms with Crippen molar-refractivity contribution in [3.05, 3.63) is 53.9 Å². The van der Waals surface area contributed by atoms with Crippen LogP contribution in [-0.4, -0.2) is 17.5 Å². The molecule has 1 heterocycles. The van der Waals surface area contributed by atoms with Gasteiger partial charge < -0.3 is 15.8 Å². The van der Waals surface area contributed by atoms with Gasteiger partial charge in [-0.3, -0.25) is 9.78 Å². The maximum atomic E-state index is 10.6. The van der Waals surface area contributed by atoms with Crippen molar-refractivity contribution in [2.75, 3.05) is 11.9 Å². The number of nitrogens with two attached hydrogens (primary N) is 1. The molecule has 0 saturated carbocycles. The normalized spacial score (nSPS) is 10.1. The summed E-state index contributed by atoms with van der Waals surface area (Å²) in [6.07, 6.45) is 2.08. The number of anilines is 1. The van der Waals surface area contributed by atoms with E-state index in [1.54, 1.807) is 0 Å². The number of rotatable bonds is 7. The Morgan fingerprint density at radius 1 is 1.24 bits per heavy atom. The van der Waals surface area contributed by atoms with Crippen LogP contribution in [0.1, 0.15) is 17.7 Å². The maximum absolute atomic E-state index is 10.6. The molecule has 0 aliphatic carbocycles. The number of carbonyl (C=O) groups is 1. The average Bonchev–Trinajstić information content (AvgIpc) is 2.48. The van der Waals surface area contributed by atoms with Crippen LogP contribution in [0.2, 0.25) is 0 Å². The van der Waals surface area contributed by atoms with E-state index in [-0.39, 0.29) is 12.3 Å². The Morgan fingerprint density at radius 3 is 2.62 bits per heavy atom. The van der Waals surface area contributed by atoms with Crippen molar-refractivity contribution in [2.24, 2.45) is 5.73 Å². The van der Waals surface area contributed by atoms with Crippen LogP contribution in [0.5, 0.6) is 5.75 Å². The van der Waals surface area contributed by atoms with Crippen LogP contribution in [0.15, 0.2) is 42.6 Å². The molecule has 0 aliphatic rings. The zero-order valence-electron chi connectivity index (χ0n) is 12.0. The highest BCUT2D eigenvalue weighted by Gasteiger charge is 1.99. The Bertz CT molecular complexity index is 579. The van der Waals surface area contributed by atoms with Gasteiger partial charge in [0.25, 0.3) is 0 Å². The monoisotopic (exact) mass is 285 g/mol. The van der Waals surface area contributed by atoms with E-state index in [0.29, 0.717) is 13.2 Å². The lowest BCUT2D eigenvalue weighted by molar-refractivity contribution is -0.118. The fourth-order valence-corrected chi connectivity index (χ4v) is 1.73. The number of nitrogens with zero attached hydrogens (tertiary/aromatic N) is 1. The molecule has 5 nitrogen and oxygen atoms in total. The van der Waals surface area contributed by atoms with E-state index < -0.39 is 0 Å². The molecular weight excluding hydrogens is 266 g/mol. The molecule has 0 atom stereocenters. The molecule has 1 amide bonds. The molecule has 0 bridgehead atoms. The number of hydrogen-bond acceptors (Lipinski definition) is 4. The van der Waals surface area contributed by atoms with Crippen molar-refractivity contribution in [3.8, 4) is 5.75 Å². The molecular formula is C16H19N3O2. The number of pyridine rings is 1. The van der Waals surface area contributed by atoms with E-state index in [2.05, 4.69) is 10.3 Å². The molecule has 0 saturated heterocycles. The van der Waals surface area contributed by atoms with Gasteiger partial charge in [0.05, 0.1) is 25.3 Å². The summed E-state index contributed by atoms with van der Waals surface area (Å²) in [7, 11) is 0. The zero-order valence-corrected chi connectivity index (χ0v) is 12.0. The third kappa shape index (κ3) is 5.14. The van der Waals surface area contributed by atoms with Crippen LogP contribution in [-0.2, 0) is 11.3 Å². The Morgan fingerprint density at radius 2 is 2.00 bits per heavy atom. The highest BCUT2D eigenvalue weighted by Crippen LogP contribution is 2.16. The summed E-state index contributed by atoms with van der Waals surface area (Å²) in [5, 5.41) is 3.29. The number of benzene rings is 1. The smallest absolute Gasteiger partial charge is 0.220 e. The molecule has 0 radical (unpaired) electrons. The number of aryl methyl sites for hydroxylation is 1. The number of carbonyl (C=O) groups excluding carboxylic acids is 1. The first-order chi connectivity index (χ1) is 10.1. The van der Waals surface area contributed by atoms with Gasteiger partial charge in [0, 0.05) is 11.9 Å². The van der Waals surface area contributed by atoms with Crippen LogP contribution in [0.4, 0.5) is 5.69 Å². The second-order valence-corrected chi connectivity index (χ2v) is 4.77. The van der Waals surface area contributed by atoms with Crippen LogP contribution in [0.25, 0.3) is 0 Å². The second kappa shape index (κ2) is 7.28. The minimum Gasteiger partial charge on any atom is -0.493 e.